The van der Waals surface area contributed by atoms with E-state index in [1.165, 1.54) is 12.1 Å². The first kappa shape index (κ1) is 20.0. The van der Waals surface area contributed by atoms with E-state index < -0.39 is 0 Å². The second-order valence-corrected chi connectivity index (χ2v) is 7.70. The minimum absolute atomic E-state index is 0.0606. The zero-order valence-electron chi connectivity index (χ0n) is 16.7. The minimum atomic E-state index is -0.343. The monoisotopic (exact) mass is 382 g/mol. The molecular weight excluding hydrogens is 355 g/mol. The van der Waals surface area contributed by atoms with Crippen molar-refractivity contribution in [1.29, 1.82) is 0 Å². The molecule has 3 N–H and O–H groups in total. The highest BCUT2D eigenvalue weighted by atomic mass is 19.1. The van der Waals surface area contributed by atoms with Crippen LogP contribution < -0.4 is 10.6 Å². The van der Waals surface area contributed by atoms with E-state index in [9.17, 15) is 9.50 Å². The lowest BCUT2D eigenvalue weighted by Gasteiger charge is -2.32. The Hall–Kier alpha value is -2.73. The van der Waals surface area contributed by atoms with Crippen LogP contribution in [0.25, 0.3) is 22.3 Å². The van der Waals surface area contributed by atoms with Gasteiger partial charge in [0.05, 0.1) is 11.1 Å². The number of nitrogens with zero attached hydrogens (tertiary/aromatic N) is 3. The molecule has 0 aliphatic carbocycles. The van der Waals surface area contributed by atoms with Crippen LogP contribution in [0.2, 0.25) is 0 Å². The number of aromatic nitrogens is 2. The second-order valence-electron chi connectivity index (χ2n) is 7.70. The molecular formula is C22H27FN4O. The fourth-order valence-corrected chi connectivity index (χ4v) is 3.07. The zero-order chi connectivity index (χ0) is 20.4. The number of para-hydroxylation sites is 1. The Labute approximate surface area is 165 Å². The largest absolute Gasteiger partial charge is 0.507 e. The van der Waals surface area contributed by atoms with E-state index in [0.29, 0.717) is 40.6 Å². The molecule has 1 atom stereocenters. The molecule has 0 radical (unpaired) electrons. The molecule has 148 valence electrons. The fourth-order valence-electron chi connectivity index (χ4n) is 3.07. The molecule has 0 spiro atoms. The third-order valence-corrected chi connectivity index (χ3v) is 4.94. The van der Waals surface area contributed by atoms with E-state index in [0.717, 1.165) is 0 Å². The first-order valence-electron chi connectivity index (χ1n) is 9.55. The van der Waals surface area contributed by atoms with Gasteiger partial charge in [-0.05, 0) is 50.1 Å². The molecule has 0 amide bonds. The lowest BCUT2D eigenvalue weighted by Crippen LogP contribution is -2.44. The number of phenolic OH excluding ortho intramolecular Hbond substituents is 1. The summed E-state index contributed by atoms with van der Waals surface area (Å²) in [7, 11) is 0. The van der Waals surface area contributed by atoms with E-state index in [-0.39, 0.29) is 23.7 Å². The second kappa shape index (κ2) is 8.10. The molecule has 3 aromatic rings. The fraction of sp³-hybridized carbons (Fsp3) is 0.364. The number of anilines is 1. The lowest BCUT2D eigenvalue weighted by atomic mass is 10.0. The smallest absolute Gasteiger partial charge is 0.165 e. The Morgan fingerprint density at radius 3 is 2.43 bits per heavy atom. The number of benzene rings is 2. The van der Waals surface area contributed by atoms with Gasteiger partial charge in [-0.2, -0.15) is 0 Å². The van der Waals surface area contributed by atoms with Gasteiger partial charge in [0.25, 0.3) is 0 Å². The summed E-state index contributed by atoms with van der Waals surface area (Å²) in [6.45, 7) is 8.85. The first-order chi connectivity index (χ1) is 13.3. The Kier molecular flexibility index (Phi) is 5.79. The number of phenols is 1. The Bertz CT molecular complexity index is 974. The topological polar surface area (TPSA) is 75.3 Å². The van der Waals surface area contributed by atoms with E-state index >= 15 is 0 Å². The number of rotatable bonds is 6. The van der Waals surface area contributed by atoms with Crippen molar-refractivity contribution in [3.8, 4) is 17.1 Å². The van der Waals surface area contributed by atoms with Crippen LogP contribution in [0.4, 0.5) is 10.2 Å². The Morgan fingerprint density at radius 1 is 1.07 bits per heavy atom. The molecule has 0 saturated heterocycles. The molecule has 1 unspecified atom stereocenters. The number of hydrogen-bond acceptors (Lipinski definition) is 5. The van der Waals surface area contributed by atoms with Crippen molar-refractivity contribution >= 4 is 16.7 Å². The van der Waals surface area contributed by atoms with E-state index in [1.54, 1.807) is 24.3 Å². The summed E-state index contributed by atoms with van der Waals surface area (Å²) in [6, 6.07) is 11.5. The Balaban J connectivity index is 2.23. The molecule has 6 heteroatoms. The molecule has 2 aromatic carbocycles. The van der Waals surface area contributed by atoms with Crippen LogP contribution in [0.3, 0.4) is 0 Å². The highest BCUT2D eigenvalue weighted by Crippen LogP contribution is 2.32. The molecule has 0 fully saturated rings. The van der Waals surface area contributed by atoms with Crippen LogP contribution in [0.1, 0.15) is 27.7 Å². The molecule has 0 aliphatic heterocycles. The summed E-state index contributed by atoms with van der Waals surface area (Å²) < 4.78 is 14.0. The summed E-state index contributed by atoms with van der Waals surface area (Å²) in [4.78, 5) is 11.4. The zero-order valence-corrected chi connectivity index (χ0v) is 16.7. The van der Waals surface area contributed by atoms with Gasteiger partial charge >= 0.3 is 0 Å². The van der Waals surface area contributed by atoms with Gasteiger partial charge in [-0.15, -0.1) is 0 Å². The summed E-state index contributed by atoms with van der Waals surface area (Å²) in [5, 5.41) is 10.9. The number of nitrogens with two attached hydrogens (primary N) is 1. The number of hydrogen-bond donors (Lipinski definition) is 2. The maximum atomic E-state index is 14.0. The van der Waals surface area contributed by atoms with Crippen molar-refractivity contribution in [2.24, 2.45) is 11.7 Å². The van der Waals surface area contributed by atoms with Crippen molar-refractivity contribution in [2.75, 3.05) is 11.4 Å². The van der Waals surface area contributed by atoms with E-state index in [2.05, 4.69) is 37.6 Å². The van der Waals surface area contributed by atoms with Gasteiger partial charge in [-0.25, -0.2) is 14.4 Å². The maximum Gasteiger partial charge on any atom is 0.165 e. The number of halogens is 1. The first-order valence-corrected chi connectivity index (χ1v) is 9.55. The normalized spacial score (nSPS) is 12.7. The molecule has 5 nitrogen and oxygen atoms in total. The van der Waals surface area contributed by atoms with E-state index in [4.69, 9.17) is 10.7 Å². The van der Waals surface area contributed by atoms with Crippen molar-refractivity contribution in [1.82, 2.24) is 9.97 Å². The molecule has 28 heavy (non-hydrogen) atoms. The standard InChI is InChI=1S/C22H27FN4O/c1-13(2)18(24)12-27(14(3)4)22-17-11-15(23)9-10-19(17)25-21(26-22)16-7-5-6-8-20(16)28/h5-11,13-14,18,28H,12,24H2,1-4H3. The predicted octanol–water partition coefficient (Wildman–Crippen LogP) is 4.34. The lowest BCUT2D eigenvalue weighted by molar-refractivity contribution is 0.471. The van der Waals surface area contributed by atoms with Crippen LogP contribution in [0, 0.1) is 11.7 Å². The predicted molar refractivity (Wildman–Crippen MR) is 112 cm³/mol. The van der Waals surface area contributed by atoms with Crippen molar-refractivity contribution in [2.45, 2.75) is 39.8 Å². The van der Waals surface area contributed by atoms with E-state index in [1.807, 2.05) is 6.07 Å². The highest BCUT2D eigenvalue weighted by molar-refractivity contribution is 5.91. The van der Waals surface area contributed by atoms with Crippen LogP contribution >= 0.6 is 0 Å². The van der Waals surface area contributed by atoms with Gasteiger partial charge in [-0.1, -0.05) is 26.0 Å². The molecule has 0 aliphatic rings. The summed E-state index contributed by atoms with van der Waals surface area (Å²) in [5.41, 5.74) is 7.49. The SMILES string of the molecule is CC(C)C(N)CN(c1nc(-c2ccccc2O)nc2ccc(F)cc12)C(C)C. The van der Waals surface area contributed by atoms with Crippen LogP contribution in [-0.4, -0.2) is 33.7 Å². The van der Waals surface area contributed by atoms with Crippen LogP contribution in [-0.2, 0) is 0 Å². The molecule has 0 saturated carbocycles. The van der Waals surface area contributed by atoms with Crippen molar-refractivity contribution in [3.63, 3.8) is 0 Å². The van der Waals surface area contributed by atoms with Gasteiger partial charge in [0, 0.05) is 24.0 Å². The third-order valence-electron chi connectivity index (χ3n) is 4.94. The van der Waals surface area contributed by atoms with Crippen LogP contribution in [0.15, 0.2) is 42.5 Å². The number of fused-ring (bicyclic) bond motifs is 1. The highest BCUT2D eigenvalue weighted by Gasteiger charge is 2.22. The van der Waals surface area contributed by atoms with Gasteiger partial charge in [0.2, 0.25) is 0 Å². The average Bonchev–Trinajstić information content (AvgIpc) is 2.65. The van der Waals surface area contributed by atoms with Crippen molar-refractivity contribution < 1.29 is 9.50 Å². The quantitative estimate of drug-likeness (QED) is 0.663. The molecule has 1 heterocycles. The van der Waals surface area contributed by atoms with Crippen molar-refractivity contribution in [3.05, 3.63) is 48.3 Å². The summed E-state index contributed by atoms with van der Waals surface area (Å²) >= 11 is 0. The van der Waals surface area contributed by atoms with Gasteiger partial charge in [0.15, 0.2) is 5.82 Å². The Morgan fingerprint density at radius 2 is 1.79 bits per heavy atom. The molecule has 0 bridgehead atoms. The van der Waals surface area contributed by atoms with Crippen LogP contribution in [0.5, 0.6) is 5.75 Å². The maximum absolute atomic E-state index is 14.0. The van der Waals surface area contributed by atoms with Gasteiger partial charge < -0.3 is 15.7 Å². The summed E-state index contributed by atoms with van der Waals surface area (Å²) in [5.74, 6) is 1.07. The van der Waals surface area contributed by atoms with Gasteiger partial charge in [-0.3, -0.25) is 0 Å². The molecule has 1 aromatic heterocycles. The molecule has 3 rings (SSSR count). The average molecular weight is 382 g/mol. The minimum Gasteiger partial charge on any atom is -0.507 e. The summed E-state index contributed by atoms with van der Waals surface area (Å²) in [6.07, 6.45) is 0. The van der Waals surface area contributed by atoms with Gasteiger partial charge in [0.1, 0.15) is 17.4 Å². The number of aromatic hydroxyl groups is 1. The third kappa shape index (κ3) is 4.07.